The average Bonchev–Trinajstić information content (AvgIpc) is 2.58. The molecule has 0 saturated carbocycles. The third kappa shape index (κ3) is 7.53. The number of carbonyl (C=O) groups excluding carboxylic acids is 2. The van der Waals surface area contributed by atoms with Gasteiger partial charge in [0.25, 0.3) is 0 Å². The molecule has 6 heteroatoms. The van der Waals surface area contributed by atoms with Gasteiger partial charge < -0.3 is 15.5 Å². The second kappa shape index (κ2) is 10.4. The quantitative estimate of drug-likeness (QED) is 0.778. The highest BCUT2D eigenvalue weighted by Gasteiger charge is 2.26. The molecule has 2 heterocycles. The smallest absolute Gasteiger partial charge is 0.225 e. The molecule has 5 nitrogen and oxygen atoms in total. The molecule has 25 heavy (non-hydrogen) atoms. The Balaban J connectivity index is 0.00000312. The van der Waals surface area contributed by atoms with E-state index >= 15 is 0 Å². The van der Waals surface area contributed by atoms with Gasteiger partial charge in [0.1, 0.15) is 0 Å². The van der Waals surface area contributed by atoms with Crippen molar-refractivity contribution in [3.05, 3.63) is 0 Å². The van der Waals surface area contributed by atoms with Crippen molar-refractivity contribution in [3.8, 4) is 0 Å². The van der Waals surface area contributed by atoms with Crippen LogP contribution in [0.15, 0.2) is 0 Å². The van der Waals surface area contributed by atoms with Gasteiger partial charge in [-0.2, -0.15) is 0 Å². The van der Waals surface area contributed by atoms with Crippen LogP contribution in [-0.4, -0.2) is 49.4 Å². The van der Waals surface area contributed by atoms with Crippen LogP contribution < -0.4 is 10.6 Å². The molecule has 2 aliphatic rings. The van der Waals surface area contributed by atoms with Gasteiger partial charge in [0.2, 0.25) is 11.8 Å². The minimum absolute atomic E-state index is 0. The Kier molecular flexibility index (Phi) is 9.22. The third-order valence-electron chi connectivity index (χ3n) is 5.33. The molecule has 2 aliphatic heterocycles. The van der Waals surface area contributed by atoms with Gasteiger partial charge in [-0.1, -0.05) is 20.8 Å². The third-order valence-corrected chi connectivity index (χ3v) is 5.33. The Hall–Kier alpha value is -0.810. The molecule has 1 atom stereocenters. The monoisotopic (exact) mass is 373 g/mol. The highest BCUT2D eigenvalue weighted by Crippen LogP contribution is 2.21. The molecule has 2 rings (SSSR count). The van der Waals surface area contributed by atoms with E-state index in [1.54, 1.807) is 0 Å². The van der Waals surface area contributed by atoms with E-state index in [0.29, 0.717) is 30.7 Å². The minimum atomic E-state index is -0.348. The number of nitrogens with zero attached hydrogens (tertiary/aromatic N) is 1. The number of likely N-dealkylation sites (tertiary alicyclic amines) is 1. The second-order valence-corrected chi connectivity index (χ2v) is 8.54. The van der Waals surface area contributed by atoms with Crippen LogP contribution in [0.3, 0.4) is 0 Å². The first kappa shape index (κ1) is 22.2. The SMILES string of the molecule is CC(C)(C)C(=O)NCC1CCCN(C(=O)CCC2CCNCC2)C1.Cl. The van der Waals surface area contributed by atoms with E-state index in [4.69, 9.17) is 0 Å². The minimum Gasteiger partial charge on any atom is -0.355 e. The van der Waals surface area contributed by atoms with Crippen LogP contribution in [0.4, 0.5) is 0 Å². The van der Waals surface area contributed by atoms with Gasteiger partial charge in [-0.25, -0.2) is 0 Å². The highest BCUT2D eigenvalue weighted by atomic mass is 35.5. The molecular formula is C19H36ClN3O2. The van der Waals surface area contributed by atoms with Crippen LogP contribution in [0.25, 0.3) is 0 Å². The molecular weight excluding hydrogens is 338 g/mol. The summed E-state index contributed by atoms with van der Waals surface area (Å²) in [5.74, 6) is 1.51. The lowest BCUT2D eigenvalue weighted by Gasteiger charge is -2.34. The molecule has 0 aromatic rings. The summed E-state index contributed by atoms with van der Waals surface area (Å²) in [5.41, 5.74) is -0.348. The largest absolute Gasteiger partial charge is 0.355 e. The fourth-order valence-corrected chi connectivity index (χ4v) is 3.62. The summed E-state index contributed by atoms with van der Waals surface area (Å²) in [6, 6.07) is 0. The van der Waals surface area contributed by atoms with Crippen LogP contribution in [0.2, 0.25) is 0 Å². The maximum Gasteiger partial charge on any atom is 0.225 e. The number of amides is 2. The van der Waals surface area contributed by atoms with E-state index in [2.05, 4.69) is 10.6 Å². The van der Waals surface area contributed by atoms with Crippen LogP contribution in [-0.2, 0) is 9.59 Å². The van der Waals surface area contributed by atoms with E-state index in [0.717, 1.165) is 45.4 Å². The van der Waals surface area contributed by atoms with Crippen molar-refractivity contribution in [2.75, 3.05) is 32.7 Å². The van der Waals surface area contributed by atoms with Gasteiger partial charge >= 0.3 is 0 Å². The Morgan fingerprint density at radius 2 is 1.80 bits per heavy atom. The molecule has 2 fully saturated rings. The van der Waals surface area contributed by atoms with Crippen LogP contribution >= 0.6 is 12.4 Å². The number of hydrogen-bond donors (Lipinski definition) is 2. The predicted molar refractivity (Wildman–Crippen MR) is 104 cm³/mol. The van der Waals surface area contributed by atoms with E-state index in [-0.39, 0.29) is 23.7 Å². The molecule has 0 aromatic carbocycles. The van der Waals surface area contributed by atoms with Crippen LogP contribution in [0, 0.1) is 17.3 Å². The maximum atomic E-state index is 12.5. The maximum absolute atomic E-state index is 12.5. The molecule has 0 bridgehead atoms. The van der Waals surface area contributed by atoms with Crippen molar-refractivity contribution in [3.63, 3.8) is 0 Å². The number of nitrogens with one attached hydrogen (secondary N) is 2. The average molecular weight is 374 g/mol. The van der Waals surface area contributed by atoms with Gasteiger partial charge in [-0.3, -0.25) is 9.59 Å². The molecule has 2 amide bonds. The number of rotatable bonds is 5. The zero-order valence-electron chi connectivity index (χ0n) is 16.1. The van der Waals surface area contributed by atoms with E-state index in [9.17, 15) is 9.59 Å². The summed E-state index contributed by atoms with van der Waals surface area (Å²) in [5, 5.41) is 6.43. The molecule has 146 valence electrons. The molecule has 0 aromatic heterocycles. The molecule has 1 unspecified atom stereocenters. The normalized spacial score (nSPS) is 22.2. The zero-order valence-corrected chi connectivity index (χ0v) is 16.9. The van der Waals surface area contributed by atoms with E-state index in [1.165, 1.54) is 12.8 Å². The topological polar surface area (TPSA) is 61.4 Å². The summed E-state index contributed by atoms with van der Waals surface area (Å²) in [6.45, 7) is 10.4. The zero-order chi connectivity index (χ0) is 17.6. The Labute approximate surface area is 159 Å². The lowest BCUT2D eigenvalue weighted by molar-refractivity contribution is -0.133. The standard InChI is InChI=1S/C19H35N3O2.ClH/c1-19(2,3)18(24)21-13-16-5-4-12-22(14-16)17(23)7-6-15-8-10-20-11-9-15;/h15-16,20H,4-14H2,1-3H3,(H,21,24);1H. The molecule has 2 saturated heterocycles. The number of carbonyl (C=O) groups is 2. The van der Waals surface area contributed by atoms with Crippen LogP contribution in [0.1, 0.15) is 59.3 Å². The summed E-state index contributed by atoms with van der Waals surface area (Å²) in [6.07, 6.45) is 6.27. The van der Waals surface area contributed by atoms with Crippen molar-refractivity contribution in [1.82, 2.24) is 15.5 Å². The predicted octanol–water partition coefficient (Wildman–Crippen LogP) is 2.59. The van der Waals surface area contributed by atoms with Gasteiger partial charge in [-0.05, 0) is 57.0 Å². The molecule has 0 radical (unpaired) electrons. The van der Waals surface area contributed by atoms with Gasteiger partial charge in [0, 0.05) is 31.5 Å². The lowest BCUT2D eigenvalue weighted by Crippen LogP contribution is -2.45. The van der Waals surface area contributed by atoms with Crippen molar-refractivity contribution in [2.24, 2.45) is 17.3 Å². The van der Waals surface area contributed by atoms with Gasteiger partial charge in [-0.15, -0.1) is 12.4 Å². The lowest BCUT2D eigenvalue weighted by atomic mass is 9.92. The number of piperidine rings is 2. The van der Waals surface area contributed by atoms with Crippen molar-refractivity contribution < 1.29 is 9.59 Å². The fourth-order valence-electron chi connectivity index (χ4n) is 3.62. The van der Waals surface area contributed by atoms with Crippen molar-refractivity contribution >= 4 is 24.2 Å². The van der Waals surface area contributed by atoms with Crippen molar-refractivity contribution in [1.29, 1.82) is 0 Å². The molecule has 0 spiro atoms. The summed E-state index contributed by atoms with van der Waals surface area (Å²) < 4.78 is 0. The second-order valence-electron chi connectivity index (χ2n) is 8.54. The van der Waals surface area contributed by atoms with E-state index in [1.807, 2.05) is 25.7 Å². The molecule has 2 N–H and O–H groups in total. The summed E-state index contributed by atoms with van der Waals surface area (Å²) in [4.78, 5) is 26.5. The highest BCUT2D eigenvalue weighted by molar-refractivity contribution is 5.85. The Morgan fingerprint density at radius 3 is 2.44 bits per heavy atom. The first-order valence-electron chi connectivity index (χ1n) is 9.63. The summed E-state index contributed by atoms with van der Waals surface area (Å²) in [7, 11) is 0. The summed E-state index contributed by atoms with van der Waals surface area (Å²) >= 11 is 0. The molecule has 0 aliphatic carbocycles. The Bertz CT molecular complexity index is 431. The van der Waals surface area contributed by atoms with Crippen molar-refractivity contribution in [2.45, 2.75) is 59.3 Å². The van der Waals surface area contributed by atoms with Gasteiger partial charge in [0.15, 0.2) is 0 Å². The van der Waals surface area contributed by atoms with Gasteiger partial charge in [0.05, 0.1) is 0 Å². The fraction of sp³-hybridized carbons (Fsp3) is 0.895. The Morgan fingerprint density at radius 1 is 1.12 bits per heavy atom. The first-order chi connectivity index (χ1) is 11.4. The van der Waals surface area contributed by atoms with Crippen LogP contribution in [0.5, 0.6) is 0 Å². The van der Waals surface area contributed by atoms with E-state index < -0.39 is 0 Å². The number of halogens is 1. The number of hydrogen-bond acceptors (Lipinski definition) is 3. The first-order valence-corrected chi connectivity index (χ1v) is 9.63.